The van der Waals surface area contributed by atoms with Crippen LogP contribution in [0.5, 0.6) is 0 Å². The van der Waals surface area contributed by atoms with E-state index in [9.17, 15) is 14.9 Å². The molecular formula is C15H22N4O4. The van der Waals surface area contributed by atoms with Crippen LogP contribution >= 0.6 is 0 Å². The number of rotatable bonds is 2. The van der Waals surface area contributed by atoms with Crippen LogP contribution in [-0.2, 0) is 4.74 Å². The molecule has 1 aromatic heterocycles. The van der Waals surface area contributed by atoms with Crippen molar-refractivity contribution in [3.63, 3.8) is 0 Å². The highest BCUT2D eigenvalue weighted by Crippen LogP contribution is 2.27. The minimum Gasteiger partial charge on any atom is -0.444 e. The SMILES string of the molecule is C[C@H]1CN(c2ncccc2[N+](=O)[O-])CCN1C(=O)OC(C)(C)C. The molecule has 0 unspecified atom stereocenters. The number of carbonyl (C=O) groups is 1. The van der Waals surface area contributed by atoms with Gasteiger partial charge in [0.1, 0.15) is 5.60 Å². The van der Waals surface area contributed by atoms with Gasteiger partial charge in [0.15, 0.2) is 0 Å². The molecule has 126 valence electrons. The maximum Gasteiger partial charge on any atom is 0.410 e. The molecule has 1 fully saturated rings. The van der Waals surface area contributed by atoms with Crippen LogP contribution in [0.2, 0.25) is 0 Å². The Morgan fingerprint density at radius 3 is 2.70 bits per heavy atom. The number of amides is 1. The quantitative estimate of drug-likeness (QED) is 0.614. The summed E-state index contributed by atoms with van der Waals surface area (Å²) in [5.41, 5.74) is -0.571. The normalized spacial score (nSPS) is 18.7. The molecule has 1 aliphatic rings. The number of nitrogens with zero attached hydrogens (tertiary/aromatic N) is 4. The van der Waals surface area contributed by atoms with Gasteiger partial charge in [0.2, 0.25) is 5.82 Å². The zero-order valence-corrected chi connectivity index (χ0v) is 13.9. The maximum atomic E-state index is 12.2. The van der Waals surface area contributed by atoms with Crippen LogP contribution in [0, 0.1) is 10.1 Å². The van der Waals surface area contributed by atoms with Crippen LogP contribution in [0.3, 0.4) is 0 Å². The summed E-state index contributed by atoms with van der Waals surface area (Å²) in [6.45, 7) is 8.74. The monoisotopic (exact) mass is 322 g/mol. The summed E-state index contributed by atoms with van der Waals surface area (Å²) in [5, 5.41) is 11.1. The number of nitro groups is 1. The van der Waals surface area contributed by atoms with Crippen molar-refractivity contribution in [2.45, 2.75) is 39.3 Å². The number of hydrogen-bond donors (Lipinski definition) is 0. The first-order valence-electron chi connectivity index (χ1n) is 7.53. The summed E-state index contributed by atoms with van der Waals surface area (Å²) < 4.78 is 5.40. The van der Waals surface area contributed by atoms with Gasteiger partial charge in [-0.1, -0.05) is 0 Å². The van der Waals surface area contributed by atoms with Gasteiger partial charge in [-0.3, -0.25) is 10.1 Å². The van der Waals surface area contributed by atoms with Crippen molar-refractivity contribution < 1.29 is 14.5 Å². The number of piperazine rings is 1. The zero-order valence-electron chi connectivity index (χ0n) is 13.9. The molecule has 2 heterocycles. The summed E-state index contributed by atoms with van der Waals surface area (Å²) in [4.78, 5) is 30.5. The van der Waals surface area contributed by atoms with Gasteiger partial charge in [-0.15, -0.1) is 0 Å². The van der Waals surface area contributed by atoms with E-state index in [1.165, 1.54) is 12.3 Å². The predicted molar refractivity (Wildman–Crippen MR) is 85.5 cm³/mol. The van der Waals surface area contributed by atoms with Crippen LogP contribution in [0.15, 0.2) is 18.3 Å². The molecule has 0 saturated carbocycles. The highest BCUT2D eigenvalue weighted by molar-refractivity contribution is 5.69. The summed E-state index contributed by atoms with van der Waals surface area (Å²) in [7, 11) is 0. The lowest BCUT2D eigenvalue weighted by Gasteiger charge is -2.40. The van der Waals surface area contributed by atoms with Crippen molar-refractivity contribution in [2.24, 2.45) is 0 Å². The van der Waals surface area contributed by atoms with Gasteiger partial charge < -0.3 is 14.5 Å². The van der Waals surface area contributed by atoms with Gasteiger partial charge in [0.25, 0.3) is 0 Å². The van der Waals surface area contributed by atoms with Gasteiger partial charge in [0.05, 0.1) is 4.92 Å². The van der Waals surface area contributed by atoms with Gasteiger partial charge in [-0.2, -0.15) is 0 Å². The maximum absolute atomic E-state index is 12.2. The third-order valence-corrected chi connectivity index (χ3v) is 3.52. The molecule has 1 amide bonds. The van der Waals surface area contributed by atoms with Crippen molar-refractivity contribution in [1.82, 2.24) is 9.88 Å². The molecule has 0 aliphatic carbocycles. The minimum atomic E-state index is -0.548. The van der Waals surface area contributed by atoms with Crippen molar-refractivity contribution in [3.05, 3.63) is 28.4 Å². The fraction of sp³-hybridized carbons (Fsp3) is 0.600. The Morgan fingerprint density at radius 2 is 2.13 bits per heavy atom. The predicted octanol–water partition coefficient (Wildman–Crippen LogP) is 2.44. The first-order chi connectivity index (χ1) is 10.7. The third-order valence-electron chi connectivity index (χ3n) is 3.52. The van der Waals surface area contributed by atoms with E-state index >= 15 is 0 Å². The lowest BCUT2D eigenvalue weighted by molar-refractivity contribution is -0.384. The standard InChI is InChI=1S/C15H22N4O4/c1-11-10-17(13-12(19(21)22)6-5-7-16-13)8-9-18(11)14(20)23-15(2,3)4/h5-7,11H,8-10H2,1-4H3/t11-/m0/s1. The average Bonchev–Trinajstić information content (AvgIpc) is 2.45. The fourth-order valence-electron chi connectivity index (χ4n) is 2.52. The van der Waals surface area contributed by atoms with E-state index < -0.39 is 10.5 Å². The average molecular weight is 322 g/mol. The van der Waals surface area contributed by atoms with E-state index in [0.29, 0.717) is 25.5 Å². The molecule has 0 spiro atoms. The van der Waals surface area contributed by atoms with Crippen LogP contribution in [0.25, 0.3) is 0 Å². The van der Waals surface area contributed by atoms with E-state index in [1.807, 2.05) is 32.6 Å². The topological polar surface area (TPSA) is 88.8 Å². The Morgan fingerprint density at radius 1 is 1.43 bits per heavy atom. The Hall–Kier alpha value is -2.38. The van der Waals surface area contributed by atoms with E-state index in [0.717, 1.165) is 0 Å². The fourth-order valence-corrected chi connectivity index (χ4v) is 2.52. The molecule has 1 aromatic rings. The molecular weight excluding hydrogens is 300 g/mol. The summed E-state index contributed by atoms with van der Waals surface area (Å²) >= 11 is 0. The van der Waals surface area contributed by atoms with Gasteiger partial charge in [-0.05, 0) is 33.8 Å². The summed E-state index contributed by atoms with van der Waals surface area (Å²) in [6.07, 6.45) is 1.17. The molecule has 0 aromatic carbocycles. The Balaban J connectivity index is 2.10. The van der Waals surface area contributed by atoms with Crippen molar-refractivity contribution in [1.29, 1.82) is 0 Å². The third kappa shape index (κ3) is 4.08. The van der Waals surface area contributed by atoms with Gasteiger partial charge in [0, 0.05) is 37.9 Å². The Bertz CT molecular complexity index is 599. The van der Waals surface area contributed by atoms with Crippen LogP contribution < -0.4 is 4.90 Å². The zero-order chi connectivity index (χ0) is 17.2. The first-order valence-corrected chi connectivity index (χ1v) is 7.53. The Labute approximate surface area is 135 Å². The van der Waals surface area contributed by atoms with Crippen LogP contribution in [0.4, 0.5) is 16.3 Å². The minimum absolute atomic E-state index is 0.0228. The molecule has 2 rings (SSSR count). The second-order valence-corrected chi connectivity index (χ2v) is 6.57. The molecule has 0 radical (unpaired) electrons. The highest BCUT2D eigenvalue weighted by Gasteiger charge is 2.33. The number of ether oxygens (including phenoxy) is 1. The van der Waals surface area contributed by atoms with E-state index in [1.54, 1.807) is 11.0 Å². The lowest BCUT2D eigenvalue weighted by Crippen LogP contribution is -2.55. The lowest BCUT2D eigenvalue weighted by atomic mass is 10.2. The molecule has 8 heteroatoms. The molecule has 8 nitrogen and oxygen atoms in total. The number of carbonyl (C=O) groups excluding carboxylic acids is 1. The molecule has 1 atom stereocenters. The number of pyridine rings is 1. The van der Waals surface area contributed by atoms with E-state index in [-0.39, 0.29) is 17.8 Å². The smallest absolute Gasteiger partial charge is 0.410 e. The second-order valence-electron chi connectivity index (χ2n) is 6.57. The highest BCUT2D eigenvalue weighted by atomic mass is 16.6. The van der Waals surface area contributed by atoms with Crippen molar-refractivity contribution >= 4 is 17.6 Å². The number of aromatic nitrogens is 1. The van der Waals surface area contributed by atoms with Gasteiger partial charge >= 0.3 is 11.8 Å². The molecule has 0 bridgehead atoms. The molecule has 0 N–H and O–H groups in total. The molecule has 1 aliphatic heterocycles. The van der Waals surface area contributed by atoms with E-state index in [4.69, 9.17) is 4.74 Å². The van der Waals surface area contributed by atoms with E-state index in [2.05, 4.69) is 4.98 Å². The second kappa shape index (κ2) is 6.39. The Kier molecular flexibility index (Phi) is 4.72. The number of anilines is 1. The molecule has 23 heavy (non-hydrogen) atoms. The van der Waals surface area contributed by atoms with Crippen molar-refractivity contribution in [2.75, 3.05) is 24.5 Å². The van der Waals surface area contributed by atoms with Gasteiger partial charge in [-0.25, -0.2) is 9.78 Å². The first kappa shape index (κ1) is 17.0. The van der Waals surface area contributed by atoms with Crippen molar-refractivity contribution in [3.8, 4) is 0 Å². The molecule has 1 saturated heterocycles. The largest absolute Gasteiger partial charge is 0.444 e. The van der Waals surface area contributed by atoms with Crippen LogP contribution in [0.1, 0.15) is 27.7 Å². The summed E-state index contributed by atoms with van der Waals surface area (Å²) in [6, 6.07) is 2.86. The summed E-state index contributed by atoms with van der Waals surface area (Å²) in [5.74, 6) is 0.341. The van der Waals surface area contributed by atoms with Crippen LogP contribution in [-0.4, -0.2) is 52.2 Å². The number of hydrogen-bond acceptors (Lipinski definition) is 6.